The SMILES string of the molecule is COc1cc2c(cc1OC)[C@@H]1C(=O)c3ccc4c(c3O[C@@H]1CO2)C(F)=CC(C)(C)O4. The molecule has 0 saturated heterocycles. The summed E-state index contributed by atoms with van der Waals surface area (Å²) in [6, 6.07) is 6.70. The van der Waals surface area contributed by atoms with Crippen molar-refractivity contribution in [3.63, 3.8) is 0 Å². The van der Waals surface area contributed by atoms with Crippen molar-refractivity contribution in [1.82, 2.24) is 0 Å². The number of carbonyl (C=O) groups excluding carboxylic acids is 1. The molecule has 3 heterocycles. The number of hydrogen-bond acceptors (Lipinski definition) is 6. The summed E-state index contributed by atoms with van der Waals surface area (Å²) in [6.07, 6.45) is 0.796. The molecule has 0 spiro atoms. The highest BCUT2D eigenvalue weighted by Crippen LogP contribution is 2.51. The zero-order valence-electron chi connectivity index (χ0n) is 17.1. The molecule has 2 atom stereocenters. The van der Waals surface area contributed by atoms with E-state index in [4.69, 9.17) is 23.7 Å². The quantitative estimate of drug-likeness (QED) is 0.733. The third kappa shape index (κ3) is 2.65. The molecule has 0 radical (unpaired) electrons. The van der Waals surface area contributed by atoms with Crippen molar-refractivity contribution in [2.45, 2.75) is 31.5 Å². The lowest BCUT2D eigenvalue weighted by Gasteiger charge is -2.39. The molecule has 3 aliphatic heterocycles. The van der Waals surface area contributed by atoms with E-state index < -0.39 is 23.4 Å². The first-order valence-electron chi connectivity index (χ1n) is 9.67. The lowest BCUT2D eigenvalue weighted by molar-refractivity contribution is 0.0551. The highest BCUT2D eigenvalue weighted by atomic mass is 19.1. The molecule has 0 aliphatic carbocycles. The molecule has 6 nitrogen and oxygen atoms in total. The molecular formula is C23H21FO6. The number of hydrogen-bond donors (Lipinski definition) is 0. The summed E-state index contributed by atoms with van der Waals surface area (Å²) in [5.41, 5.74) is 0.376. The first-order chi connectivity index (χ1) is 14.3. The monoisotopic (exact) mass is 412 g/mol. The molecule has 7 heteroatoms. The van der Waals surface area contributed by atoms with Gasteiger partial charge in [-0.15, -0.1) is 0 Å². The predicted octanol–water partition coefficient (Wildman–Crippen LogP) is 4.31. The molecule has 30 heavy (non-hydrogen) atoms. The average molecular weight is 412 g/mol. The highest BCUT2D eigenvalue weighted by Gasteiger charge is 2.45. The van der Waals surface area contributed by atoms with E-state index in [0.717, 1.165) is 0 Å². The van der Waals surface area contributed by atoms with Crippen LogP contribution in [-0.2, 0) is 0 Å². The Kier molecular flexibility index (Phi) is 4.00. The second-order valence-corrected chi connectivity index (χ2v) is 8.07. The van der Waals surface area contributed by atoms with Gasteiger partial charge in [-0.05, 0) is 38.1 Å². The number of halogens is 1. The number of fused-ring (bicyclic) bond motifs is 6. The van der Waals surface area contributed by atoms with Gasteiger partial charge in [-0.3, -0.25) is 4.79 Å². The summed E-state index contributed by atoms with van der Waals surface area (Å²) in [5, 5.41) is 0. The third-order valence-electron chi connectivity index (χ3n) is 5.65. The third-order valence-corrected chi connectivity index (χ3v) is 5.65. The topological polar surface area (TPSA) is 63.2 Å². The second-order valence-electron chi connectivity index (χ2n) is 8.07. The summed E-state index contributed by atoms with van der Waals surface area (Å²) in [4.78, 5) is 13.5. The number of ketones is 1. The van der Waals surface area contributed by atoms with Crippen molar-refractivity contribution < 1.29 is 32.9 Å². The van der Waals surface area contributed by atoms with Crippen LogP contribution < -0.4 is 23.7 Å². The lowest BCUT2D eigenvalue weighted by atomic mass is 9.81. The van der Waals surface area contributed by atoms with Crippen molar-refractivity contribution in [3.8, 4) is 28.7 Å². The Labute approximate surface area is 173 Å². The fraction of sp³-hybridized carbons (Fsp3) is 0.348. The smallest absolute Gasteiger partial charge is 0.178 e. The normalized spacial score (nSPS) is 22.7. The molecule has 0 bridgehead atoms. The lowest BCUT2D eigenvalue weighted by Crippen LogP contribution is -2.43. The van der Waals surface area contributed by atoms with Gasteiger partial charge in [-0.25, -0.2) is 4.39 Å². The van der Waals surface area contributed by atoms with Gasteiger partial charge in [0.1, 0.15) is 41.4 Å². The van der Waals surface area contributed by atoms with Gasteiger partial charge in [0.2, 0.25) is 0 Å². The largest absolute Gasteiger partial charge is 0.493 e. The van der Waals surface area contributed by atoms with E-state index in [9.17, 15) is 9.18 Å². The van der Waals surface area contributed by atoms with Crippen LogP contribution in [-0.4, -0.2) is 38.3 Å². The molecular weight excluding hydrogens is 391 g/mol. The van der Waals surface area contributed by atoms with E-state index in [1.165, 1.54) is 20.3 Å². The molecule has 0 amide bonds. The van der Waals surface area contributed by atoms with Gasteiger partial charge in [0.25, 0.3) is 0 Å². The minimum Gasteiger partial charge on any atom is -0.493 e. The number of Topliss-reactive ketones (excluding diaryl/α,β-unsaturated/α-hetero) is 1. The summed E-state index contributed by atoms with van der Waals surface area (Å²) < 4.78 is 43.5. The van der Waals surface area contributed by atoms with Crippen LogP contribution >= 0.6 is 0 Å². The maximum absolute atomic E-state index is 15.0. The van der Waals surface area contributed by atoms with Crippen LogP contribution in [0, 0.1) is 0 Å². The van der Waals surface area contributed by atoms with Crippen LogP contribution in [0.2, 0.25) is 0 Å². The van der Waals surface area contributed by atoms with Crippen molar-refractivity contribution in [2.75, 3.05) is 20.8 Å². The second kappa shape index (κ2) is 6.39. The molecule has 3 aliphatic rings. The van der Waals surface area contributed by atoms with Gasteiger partial charge in [0.15, 0.2) is 17.3 Å². The van der Waals surface area contributed by atoms with Crippen molar-refractivity contribution in [1.29, 1.82) is 0 Å². The maximum atomic E-state index is 15.0. The van der Waals surface area contributed by atoms with E-state index in [1.54, 1.807) is 38.1 Å². The molecule has 2 aromatic carbocycles. The van der Waals surface area contributed by atoms with Crippen LogP contribution in [0.5, 0.6) is 28.7 Å². The summed E-state index contributed by atoms with van der Waals surface area (Å²) in [7, 11) is 3.07. The number of methoxy groups -OCH3 is 2. The molecule has 0 saturated carbocycles. The molecule has 0 fully saturated rings. The van der Waals surface area contributed by atoms with Gasteiger partial charge in [-0.2, -0.15) is 0 Å². The number of carbonyl (C=O) groups is 1. The van der Waals surface area contributed by atoms with E-state index in [2.05, 4.69) is 0 Å². The fourth-order valence-electron chi connectivity index (χ4n) is 4.33. The zero-order chi connectivity index (χ0) is 21.2. The van der Waals surface area contributed by atoms with E-state index in [0.29, 0.717) is 34.1 Å². The summed E-state index contributed by atoms with van der Waals surface area (Å²) in [6.45, 7) is 3.69. The van der Waals surface area contributed by atoms with Crippen molar-refractivity contribution in [2.24, 2.45) is 0 Å². The van der Waals surface area contributed by atoms with Crippen LogP contribution in [0.3, 0.4) is 0 Å². The Bertz CT molecular complexity index is 1100. The highest BCUT2D eigenvalue weighted by molar-refractivity contribution is 6.06. The van der Waals surface area contributed by atoms with Crippen molar-refractivity contribution in [3.05, 3.63) is 47.0 Å². The Hall–Kier alpha value is -3.22. The van der Waals surface area contributed by atoms with Gasteiger partial charge in [0.05, 0.1) is 31.3 Å². The summed E-state index contributed by atoms with van der Waals surface area (Å²) >= 11 is 0. The number of rotatable bonds is 2. The Morgan fingerprint density at radius 2 is 1.83 bits per heavy atom. The molecule has 0 aromatic heterocycles. The van der Waals surface area contributed by atoms with Crippen molar-refractivity contribution >= 4 is 11.6 Å². The van der Waals surface area contributed by atoms with Gasteiger partial charge >= 0.3 is 0 Å². The first-order valence-corrected chi connectivity index (χ1v) is 9.67. The fourth-order valence-corrected chi connectivity index (χ4v) is 4.33. The van der Waals surface area contributed by atoms with Gasteiger partial charge in [-0.1, -0.05) is 0 Å². The summed E-state index contributed by atoms with van der Waals surface area (Å²) in [5.74, 6) is 0.903. The van der Waals surface area contributed by atoms with E-state index >= 15 is 0 Å². The standard InChI is InChI=1S/C23H21FO6/c1-23(2)9-13(24)20-14(30-23)6-5-11-21(25)19-12-7-16(26-3)17(27-4)8-15(12)28-10-18(19)29-22(11)20/h5-9,18-19H,10H2,1-4H3/t18-,19+/m1/s1. The first kappa shape index (κ1) is 18.8. The minimum absolute atomic E-state index is 0.152. The van der Waals surface area contributed by atoms with Gasteiger partial charge < -0.3 is 23.7 Å². The molecule has 5 rings (SSSR count). The number of benzene rings is 2. The van der Waals surface area contributed by atoms with E-state index in [1.807, 2.05) is 0 Å². The zero-order valence-corrected chi connectivity index (χ0v) is 17.1. The Morgan fingerprint density at radius 3 is 2.57 bits per heavy atom. The Morgan fingerprint density at radius 1 is 1.10 bits per heavy atom. The molecule has 0 N–H and O–H groups in total. The van der Waals surface area contributed by atoms with Crippen LogP contribution in [0.4, 0.5) is 4.39 Å². The number of ether oxygens (including phenoxy) is 5. The van der Waals surface area contributed by atoms with Crippen LogP contribution in [0.1, 0.15) is 41.3 Å². The van der Waals surface area contributed by atoms with Gasteiger partial charge in [0, 0.05) is 11.6 Å². The average Bonchev–Trinajstić information content (AvgIpc) is 2.70. The van der Waals surface area contributed by atoms with Crippen LogP contribution in [0.25, 0.3) is 5.83 Å². The van der Waals surface area contributed by atoms with E-state index in [-0.39, 0.29) is 23.7 Å². The Balaban J connectivity index is 1.63. The molecule has 156 valence electrons. The molecule has 0 unspecified atom stereocenters. The molecule has 2 aromatic rings. The minimum atomic E-state index is -0.783. The van der Waals surface area contributed by atoms with Crippen LogP contribution in [0.15, 0.2) is 30.3 Å². The maximum Gasteiger partial charge on any atom is 0.178 e. The predicted molar refractivity (Wildman–Crippen MR) is 107 cm³/mol.